The van der Waals surface area contributed by atoms with E-state index in [1.807, 2.05) is 24.3 Å². The predicted molar refractivity (Wildman–Crippen MR) is 95.9 cm³/mol. The molecule has 0 unspecified atom stereocenters. The van der Waals surface area contributed by atoms with Crippen molar-refractivity contribution in [2.24, 2.45) is 29.6 Å². The summed E-state index contributed by atoms with van der Waals surface area (Å²) in [7, 11) is 0. The minimum absolute atomic E-state index is 0.0319. The topological polar surface area (TPSA) is 55.4 Å². The highest BCUT2D eigenvalue weighted by molar-refractivity contribution is 5.93. The molecule has 4 aliphatic carbocycles. The van der Waals surface area contributed by atoms with E-state index in [0.717, 1.165) is 23.9 Å². The van der Waals surface area contributed by atoms with E-state index in [2.05, 4.69) is 12.2 Å². The van der Waals surface area contributed by atoms with Crippen LogP contribution in [0.25, 0.3) is 0 Å². The quantitative estimate of drug-likeness (QED) is 0.829. The van der Waals surface area contributed by atoms with Gasteiger partial charge < -0.3 is 10.1 Å². The summed E-state index contributed by atoms with van der Waals surface area (Å²) in [5.41, 5.74) is 1.97. The highest BCUT2D eigenvalue weighted by atomic mass is 16.5. The first-order chi connectivity index (χ1) is 12.1. The van der Waals surface area contributed by atoms with E-state index in [0.29, 0.717) is 11.8 Å². The fourth-order valence-electron chi connectivity index (χ4n) is 5.56. The Bertz CT molecular complexity index is 624. The van der Waals surface area contributed by atoms with Gasteiger partial charge in [-0.1, -0.05) is 19.1 Å². The standard InChI is InChI=1S/C21H27NO3/c1-2-13-3-5-18(6-4-13)22-19(23)12-25-21(24)20-16-8-14-7-15(10-16)11-17(20)9-14/h3-6,14-17,20H,2,7-12H2,1H3,(H,22,23). The molecule has 5 rings (SSSR count). The monoisotopic (exact) mass is 341 g/mol. The minimum Gasteiger partial charge on any atom is -0.455 e. The molecule has 1 aromatic carbocycles. The van der Waals surface area contributed by atoms with E-state index >= 15 is 0 Å². The molecule has 0 heterocycles. The summed E-state index contributed by atoms with van der Waals surface area (Å²) in [6, 6.07) is 7.76. The number of carbonyl (C=O) groups is 2. The Morgan fingerprint density at radius 3 is 2.16 bits per heavy atom. The predicted octanol–water partition coefficient (Wildman–Crippen LogP) is 3.80. The van der Waals surface area contributed by atoms with Crippen LogP contribution in [0.15, 0.2) is 24.3 Å². The molecule has 0 atom stereocenters. The molecule has 1 amide bonds. The van der Waals surface area contributed by atoms with E-state index in [4.69, 9.17) is 4.74 Å². The number of hydrogen-bond acceptors (Lipinski definition) is 3. The van der Waals surface area contributed by atoms with Gasteiger partial charge in [0.05, 0.1) is 5.92 Å². The summed E-state index contributed by atoms with van der Waals surface area (Å²) in [5.74, 6) is 2.28. The largest absolute Gasteiger partial charge is 0.455 e. The third kappa shape index (κ3) is 3.44. The smallest absolute Gasteiger partial charge is 0.310 e. The molecule has 4 nitrogen and oxygen atoms in total. The van der Waals surface area contributed by atoms with Gasteiger partial charge in [-0.05, 0) is 79.9 Å². The van der Waals surface area contributed by atoms with E-state index in [-0.39, 0.29) is 24.4 Å². The zero-order valence-electron chi connectivity index (χ0n) is 14.9. The van der Waals surface area contributed by atoms with Gasteiger partial charge in [0.25, 0.3) is 5.91 Å². The fourth-order valence-corrected chi connectivity index (χ4v) is 5.56. The van der Waals surface area contributed by atoms with Gasteiger partial charge in [0.15, 0.2) is 6.61 Å². The highest BCUT2D eigenvalue weighted by Gasteiger charge is 2.51. The van der Waals surface area contributed by atoms with Gasteiger partial charge in [-0.2, -0.15) is 0 Å². The maximum Gasteiger partial charge on any atom is 0.310 e. The van der Waals surface area contributed by atoms with Crippen molar-refractivity contribution in [2.75, 3.05) is 11.9 Å². The summed E-state index contributed by atoms with van der Waals surface area (Å²) in [6.45, 7) is 1.91. The van der Waals surface area contributed by atoms with Gasteiger partial charge >= 0.3 is 5.97 Å². The van der Waals surface area contributed by atoms with Crippen LogP contribution in [-0.4, -0.2) is 18.5 Å². The Morgan fingerprint density at radius 1 is 1.00 bits per heavy atom. The molecule has 0 saturated heterocycles. The second kappa shape index (κ2) is 6.81. The number of amides is 1. The first-order valence-corrected chi connectivity index (χ1v) is 9.67. The Kier molecular flexibility index (Phi) is 4.53. The second-order valence-corrected chi connectivity index (χ2v) is 8.16. The van der Waals surface area contributed by atoms with Gasteiger partial charge in [-0.3, -0.25) is 9.59 Å². The second-order valence-electron chi connectivity index (χ2n) is 8.16. The van der Waals surface area contributed by atoms with Gasteiger partial charge in [0, 0.05) is 5.69 Å². The highest BCUT2D eigenvalue weighted by Crippen LogP contribution is 2.56. The molecule has 4 heteroatoms. The maximum absolute atomic E-state index is 12.6. The van der Waals surface area contributed by atoms with Crippen molar-refractivity contribution >= 4 is 17.6 Å². The molecular formula is C21H27NO3. The van der Waals surface area contributed by atoms with Gasteiger partial charge in [-0.25, -0.2) is 0 Å². The lowest BCUT2D eigenvalue weighted by atomic mass is 9.52. The number of aryl methyl sites for hydroxylation is 1. The number of esters is 1. The molecular weight excluding hydrogens is 314 g/mol. The van der Waals surface area contributed by atoms with Crippen molar-refractivity contribution in [3.8, 4) is 0 Å². The van der Waals surface area contributed by atoms with Crippen LogP contribution in [0.4, 0.5) is 5.69 Å². The third-order valence-corrected chi connectivity index (χ3v) is 6.49. The normalized spacial score (nSPS) is 32.4. The molecule has 4 bridgehead atoms. The van der Waals surface area contributed by atoms with Crippen LogP contribution in [-0.2, 0) is 20.7 Å². The van der Waals surface area contributed by atoms with Crippen LogP contribution in [0.3, 0.4) is 0 Å². The molecule has 1 N–H and O–H groups in total. The maximum atomic E-state index is 12.6. The third-order valence-electron chi connectivity index (χ3n) is 6.49. The van der Waals surface area contributed by atoms with Crippen molar-refractivity contribution in [3.63, 3.8) is 0 Å². The molecule has 25 heavy (non-hydrogen) atoms. The average Bonchev–Trinajstić information content (AvgIpc) is 2.60. The lowest BCUT2D eigenvalue weighted by Gasteiger charge is -2.53. The molecule has 1 aromatic rings. The first-order valence-electron chi connectivity index (χ1n) is 9.67. The number of nitrogens with one attached hydrogen (secondary N) is 1. The lowest BCUT2D eigenvalue weighted by molar-refractivity contribution is -0.164. The molecule has 4 aliphatic rings. The molecule has 0 aliphatic heterocycles. The number of carbonyl (C=O) groups excluding carboxylic acids is 2. The molecule has 134 valence electrons. The zero-order valence-corrected chi connectivity index (χ0v) is 14.9. The van der Waals surface area contributed by atoms with E-state index in [9.17, 15) is 9.59 Å². The van der Waals surface area contributed by atoms with Crippen molar-refractivity contribution in [2.45, 2.75) is 45.4 Å². The van der Waals surface area contributed by atoms with Crippen LogP contribution in [0.2, 0.25) is 0 Å². The van der Waals surface area contributed by atoms with Crippen molar-refractivity contribution in [3.05, 3.63) is 29.8 Å². The van der Waals surface area contributed by atoms with Crippen LogP contribution in [0, 0.1) is 29.6 Å². The Balaban J connectivity index is 1.29. The van der Waals surface area contributed by atoms with Crippen LogP contribution >= 0.6 is 0 Å². The lowest BCUT2D eigenvalue weighted by Crippen LogP contribution is -2.48. The summed E-state index contributed by atoms with van der Waals surface area (Å²) in [5, 5.41) is 2.80. The minimum atomic E-state index is -0.263. The number of hydrogen-bond donors (Lipinski definition) is 1. The van der Waals surface area contributed by atoms with Crippen LogP contribution in [0.1, 0.15) is 44.6 Å². The molecule has 0 aromatic heterocycles. The number of anilines is 1. The van der Waals surface area contributed by atoms with Gasteiger partial charge in [0.2, 0.25) is 0 Å². The summed E-state index contributed by atoms with van der Waals surface area (Å²) < 4.78 is 5.40. The molecule has 4 saturated carbocycles. The Hall–Kier alpha value is -1.84. The molecule has 0 spiro atoms. The van der Waals surface area contributed by atoms with E-state index in [1.54, 1.807) is 0 Å². The van der Waals surface area contributed by atoms with E-state index < -0.39 is 0 Å². The molecule has 0 radical (unpaired) electrons. The van der Waals surface area contributed by atoms with Crippen LogP contribution < -0.4 is 5.32 Å². The van der Waals surface area contributed by atoms with Gasteiger partial charge in [-0.15, -0.1) is 0 Å². The number of rotatable bonds is 5. The van der Waals surface area contributed by atoms with Crippen molar-refractivity contribution in [1.82, 2.24) is 0 Å². The van der Waals surface area contributed by atoms with Crippen molar-refractivity contribution < 1.29 is 14.3 Å². The Labute approximate surface area is 149 Å². The van der Waals surface area contributed by atoms with Crippen LogP contribution in [0.5, 0.6) is 0 Å². The summed E-state index contributed by atoms with van der Waals surface area (Å²) >= 11 is 0. The number of ether oxygens (including phenoxy) is 1. The number of benzene rings is 1. The molecule has 4 fully saturated rings. The summed E-state index contributed by atoms with van der Waals surface area (Å²) in [6.07, 6.45) is 7.07. The Morgan fingerprint density at radius 2 is 1.60 bits per heavy atom. The average molecular weight is 341 g/mol. The zero-order chi connectivity index (χ0) is 17.4. The van der Waals surface area contributed by atoms with Gasteiger partial charge in [0.1, 0.15) is 0 Å². The summed E-state index contributed by atoms with van der Waals surface area (Å²) in [4.78, 5) is 24.6. The first kappa shape index (κ1) is 16.6. The SMILES string of the molecule is CCc1ccc(NC(=O)COC(=O)C2C3CC4CC(C3)CC2C4)cc1. The van der Waals surface area contributed by atoms with Crippen molar-refractivity contribution in [1.29, 1.82) is 0 Å². The van der Waals surface area contributed by atoms with E-state index in [1.165, 1.54) is 37.7 Å². The fraction of sp³-hybridized carbons (Fsp3) is 0.619.